The monoisotopic (exact) mass is 494 g/mol. The number of nitriles is 1. The molecular weight excluding hydrogens is 455 g/mol. The predicted molar refractivity (Wildman–Crippen MR) is 141 cm³/mol. The van der Waals surface area contributed by atoms with Crippen molar-refractivity contribution in [2.24, 2.45) is 5.73 Å². The van der Waals surface area contributed by atoms with Gasteiger partial charge in [-0.3, -0.25) is 15.1 Å². The molecule has 3 aliphatic rings. The second-order valence-corrected chi connectivity index (χ2v) is 10.0. The van der Waals surface area contributed by atoms with E-state index in [4.69, 9.17) is 17.6 Å². The molecule has 0 aromatic carbocycles. The standard InChI is InChI=1S/C28H39FN6O/c1-2-7-24(20-26(31)32)22-33-18-12-28(29,13-19-33)27(36)35-16-10-25(11-17-35)34-14-5-3-4-8-23(21-30)9-6-15-34/h1,4,8-9,22,25H,3,5-7,10-20H2,(H3,31,32)/b8-4?,23-9?,24-22-. The normalized spacial score (nSPS) is 22.3. The predicted octanol–water partition coefficient (Wildman–Crippen LogP) is 3.51. The Labute approximate surface area is 215 Å². The number of halogens is 1. The van der Waals surface area contributed by atoms with Gasteiger partial charge in [-0.1, -0.05) is 12.2 Å². The fraction of sp³-hybridized carbons (Fsp3) is 0.607. The highest BCUT2D eigenvalue weighted by Crippen LogP contribution is 2.31. The second kappa shape index (κ2) is 13.3. The van der Waals surface area contributed by atoms with Gasteiger partial charge in [-0.15, -0.1) is 12.3 Å². The first kappa shape index (κ1) is 27.5. The van der Waals surface area contributed by atoms with E-state index in [-0.39, 0.29) is 24.6 Å². The highest BCUT2D eigenvalue weighted by molar-refractivity contribution is 5.85. The Morgan fingerprint density at radius 3 is 2.58 bits per heavy atom. The van der Waals surface area contributed by atoms with Crippen LogP contribution in [0.2, 0.25) is 0 Å². The van der Waals surface area contributed by atoms with Crippen LogP contribution in [0.15, 0.2) is 35.6 Å². The lowest BCUT2D eigenvalue weighted by Crippen LogP contribution is -2.55. The van der Waals surface area contributed by atoms with Crippen molar-refractivity contribution in [1.29, 1.82) is 10.7 Å². The van der Waals surface area contributed by atoms with Gasteiger partial charge in [0.25, 0.3) is 5.91 Å². The summed E-state index contributed by atoms with van der Waals surface area (Å²) in [7, 11) is 0. The molecule has 2 saturated heterocycles. The number of carbonyl (C=O) groups excluding carboxylic acids is 1. The Balaban J connectivity index is 1.51. The van der Waals surface area contributed by atoms with E-state index in [1.807, 2.05) is 23.3 Å². The van der Waals surface area contributed by atoms with E-state index in [1.54, 1.807) is 4.90 Å². The Morgan fingerprint density at radius 2 is 1.94 bits per heavy atom. The van der Waals surface area contributed by atoms with Gasteiger partial charge in [0.2, 0.25) is 0 Å². The Morgan fingerprint density at radius 1 is 1.22 bits per heavy atom. The van der Waals surface area contributed by atoms with Crippen LogP contribution < -0.4 is 5.73 Å². The van der Waals surface area contributed by atoms with Crippen molar-refractivity contribution in [3.05, 3.63) is 35.6 Å². The molecule has 36 heavy (non-hydrogen) atoms. The van der Waals surface area contributed by atoms with Crippen LogP contribution in [-0.4, -0.2) is 77.4 Å². The smallest absolute Gasteiger partial charge is 0.260 e. The third-order valence-electron chi connectivity index (χ3n) is 7.38. The number of nitrogens with zero attached hydrogens (tertiary/aromatic N) is 4. The van der Waals surface area contributed by atoms with Crippen LogP contribution in [0.5, 0.6) is 0 Å². The summed E-state index contributed by atoms with van der Waals surface area (Å²) in [6, 6.07) is 2.62. The average Bonchev–Trinajstić information content (AvgIpc) is 2.87. The molecule has 0 saturated carbocycles. The number of piperidine rings is 2. The number of nitrogens with two attached hydrogens (primary N) is 1. The number of amides is 1. The molecule has 0 spiro atoms. The number of likely N-dealkylation sites (tertiary alicyclic amines) is 2. The van der Waals surface area contributed by atoms with Crippen molar-refractivity contribution in [2.75, 3.05) is 39.3 Å². The fourth-order valence-corrected chi connectivity index (χ4v) is 5.36. The van der Waals surface area contributed by atoms with E-state index in [0.29, 0.717) is 45.1 Å². The zero-order valence-electron chi connectivity index (χ0n) is 21.2. The van der Waals surface area contributed by atoms with Crippen LogP contribution in [0.4, 0.5) is 4.39 Å². The minimum Gasteiger partial charge on any atom is -0.387 e. The summed E-state index contributed by atoms with van der Waals surface area (Å²) in [6.07, 6.45) is 18.8. The molecule has 0 aromatic heterocycles. The number of alkyl halides is 1. The van der Waals surface area contributed by atoms with E-state index in [0.717, 1.165) is 56.3 Å². The van der Waals surface area contributed by atoms with Crippen molar-refractivity contribution >= 4 is 11.7 Å². The minimum atomic E-state index is -1.83. The van der Waals surface area contributed by atoms with Crippen molar-refractivity contribution in [3.8, 4) is 18.4 Å². The molecule has 0 aliphatic carbocycles. The molecule has 7 nitrogen and oxygen atoms in total. The number of rotatable bonds is 6. The lowest BCUT2D eigenvalue weighted by molar-refractivity contribution is -0.148. The molecule has 8 heteroatoms. The summed E-state index contributed by atoms with van der Waals surface area (Å²) in [4.78, 5) is 19.4. The lowest BCUT2D eigenvalue weighted by atomic mass is 9.90. The highest BCUT2D eigenvalue weighted by Gasteiger charge is 2.44. The molecule has 0 radical (unpaired) electrons. The Hall–Kier alpha value is -3.10. The number of nitrogens with one attached hydrogen (secondary N) is 1. The van der Waals surface area contributed by atoms with Gasteiger partial charge < -0.3 is 15.5 Å². The minimum absolute atomic E-state index is 0.0499. The summed E-state index contributed by atoms with van der Waals surface area (Å²) in [5.74, 6) is 2.26. The van der Waals surface area contributed by atoms with Crippen LogP contribution in [-0.2, 0) is 4.79 Å². The molecule has 0 aromatic rings. The number of hydrogen-bond acceptors (Lipinski definition) is 5. The Bertz CT molecular complexity index is 956. The van der Waals surface area contributed by atoms with E-state index in [2.05, 4.69) is 23.0 Å². The number of allylic oxidation sites excluding steroid dienone is 3. The second-order valence-electron chi connectivity index (χ2n) is 10.0. The van der Waals surface area contributed by atoms with Gasteiger partial charge in [-0.05, 0) is 56.5 Å². The maximum Gasteiger partial charge on any atom is 0.260 e. The van der Waals surface area contributed by atoms with Crippen molar-refractivity contribution in [1.82, 2.24) is 14.7 Å². The van der Waals surface area contributed by atoms with Crippen LogP contribution in [0.3, 0.4) is 0 Å². The SMILES string of the molecule is C#CC/C(=C/N1CCC(F)(C(=O)N2CCC(N3CCC=C(C#N)C=CCCC3)CC2)CC1)CC(=N)N. The van der Waals surface area contributed by atoms with E-state index in [1.165, 1.54) is 0 Å². The topological polar surface area (TPSA) is 100 Å². The molecule has 0 unspecified atom stereocenters. The summed E-state index contributed by atoms with van der Waals surface area (Å²) < 4.78 is 15.7. The van der Waals surface area contributed by atoms with E-state index < -0.39 is 5.67 Å². The molecule has 3 heterocycles. The summed E-state index contributed by atoms with van der Waals surface area (Å²) >= 11 is 0. The third-order valence-corrected chi connectivity index (χ3v) is 7.38. The molecule has 0 bridgehead atoms. The zero-order chi connectivity index (χ0) is 26.0. The van der Waals surface area contributed by atoms with Crippen molar-refractivity contribution in [2.45, 2.75) is 69.5 Å². The third kappa shape index (κ3) is 7.70. The van der Waals surface area contributed by atoms with Gasteiger partial charge in [-0.25, -0.2) is 4.39 Å². The molecule has 3 rings (SSSR count). The molecule has 0 atom stereocenters. The molecule has 1 amide bonds. The first-order valence-electron chi connectivity index (χ1n) is 13.0. The number of hydrogen-bond donors (Lipinski definition) is 2. The maximum atomic E-state index is 15.7. The Kier molecular flexibility index (Phi) is 10.1. The number of amidine groups is 1. The fourth-order valence-electron chi connectivity index (χ4n) is 5.36. The van der Waals surface area contributed by atoms with Gasteiger partial charge in [0, 0.05) is 70.0 Å². The molecule has 2 fully saturated rings. The first-order valence-corrected chi connectivity index (χ1v) is 13.0. The van der Waals surface area contributed by atoms with Gasteiger partial charge in [0.1, 0.15) is 0 Å². The maximum absolute atomic E-state index is 15.7. The van der Waals surface area contributed by atoms with Crippen molar-refractivity contribution < 1.29 is 9.18 Å². The van der Waals surface area contributed by atoms with Crippen LogP contribution in [0.25, 0.3) is 0 Å². The summed E-state index contributed by atoms with van der Waals surface area (Å²) in [5, 5.41) is 16.7. The first-order chi connectivity index (χ1) is 17.3. The summed E-state index contributed by atoms with van der Waals surface area (Å²) in [5.41, 5.74) is 5.27. The molecule has 3 aliphatic heterocycles. The van der Waals surface area contributed by atoms with Crippen molar-refractivity contribution in [3.63, 3.8) is 0 Å². The van der Waals surface area contributed by atoms with Gasteiger partial charge in [0.05, 0.1) is 11.9 Å². The lowest BCUT2D eigenvalue weighted by Gasteiger charge is -2.42. The van der Waals surface area contributed by atoms with Crippen LogP contribution >= 0.6 is 0 Å². The van der Waals surface area contributed by atoms with Crippen LogP contribution in [0.1, 0.15) is 57.8 Å². The molecule has 194 valence electrons. The van der Waals surface area contributed by atoms with E-state index >= 15 is 4.39 Å². The largest absolute Gasteiger partial charge is 0.387 e. The van der Waals surface area contributed by atoms with Gasteiger partial charge in [-0.2, -0.15) is 5.26 Å². The number of carbonyl (C=O) groups is 1. The molecular formula is C28H39FN6O. The summed E-state index contributed by atoms with van der Waals surface area (Å²) in [6.45, 7) is 3.94. The number of terminal acetylenes is 1. The molecule has 3 N–H and O–H groups in total. The van der Waals surface area contributed by atoms with Gasteiger partial charge in [0.15, 0.2) is 5.67 Å². The van der Waals surface area contributed by atoms with E-state index in [9.17, 15) is 10.1 Å². The van der Waals surface area contributed by atoms with Crippen LogP contribution in [0, 0.1) is 29.1 Å². The average molecular weight is 495 g/mol. The quantitative estimate of drug-likeness (QED) is 0.334. The highest BCUT2D eigenvalue weighted by atomic mass is 19.1. The zero-order valence-corrected chi connectivity index (χ0v) is 21.2. The van der Waals surface area contributed by atoms with Gasteiger partial charge >= 0.3 is 0 Å².